The van der Waals surface area contributed by atoms with Gasteiger partial charge in [0.05, 0.1) is 0 Å². The second-order valence-corrected chi connectivity index (χ2v) is 8.00. The third kappa shape index (κ3) is 4.44. The number of hydrogen-bond donors (Lipinski definition) is 2. The van der Waals surface area contributed by atoms with Gasteiger partial charge in [-0.05, 0) is 43.3 Å². The SMILES string of the molecule is CCn1c2ccccc2c2cc(NC(=O)COc3cccc(NC(=O)C(C)C)c3)ccc21. The number of amides is 2. The van der Waals surface area contributed by atoms with Crippen LogP contribution in [0.25, 0.3) is 21.8 Å². The van der Waals surface area contributed by atoms with Crippen LogP contribution in [0.2, 0.25) is 0 Å². The number of aryl methyl sites for hydroxylation is 1. The second-order valence-electron chi connectivity index (χ2n) is 8.00. The molecule has 0 saturated carbocycles. The number of fused-ring (bicyclic) bond motifs is 3. The van der Waals surface area contributed by atoms with Crippen molar-refractivity contribution in [3.8, 4) is 5.75 Å². The van der Waals surface area contributed by atoms with Crippen LogP contribution in [0.1, 0.15) is 20.8 Å². The molecule has 0 fully saturated rings. The fourth-order valence-corrected chi connectivity index (χ4v) is 3.77. The minimum Gasteiger partial charge on any atom is -0.484 e. The molecule has 1 heterocycles. The molecule has 0 unspecified atom stereocenters. The molecule has 0 aliphatic rings. The molecule has 4 aromatic rings. The number of benzene rings is 3. The van der Waals surface area contributed by atoms with E-state index in [-0.39, 0.29) is 24.3 Å². The molecular weight excluding hydrogens is 402 g/mol. The maximum Gasteiger partial charge on any atom is 0.262 e. The number of carbonyl (C=O) groups is 2. The molecule has 4 rings (SSSR count). The van der Waals surface area contributed by atoms with Crippen molar-refractivity contribution in [2.75, 3.05) is 17.2 Å². The maximum atomic E-state index is 12.5. The number of hydrogen-bond acceptors (Lipinski definition) is 3. The van der Waals surface area contributed by atoms with Crippen molar-refractivity contribution in [3.05, 3.63) is 66.7 Å². The Kier molecular flexibility index (Phi) is 6.12. The van der Waals surface area contributed by atoms with Crippen LogP contribution in [0.5, 0.6) is 5.75 Å². The average Bonchev–Trinajstić information content (AvgIpc) is 3.11. The number of carbonyl (C=O) groups excluding carboxylic acids is 2. The van der Waals surface area contributed by atoms with E-state index in [4.69, 9.17) is 4.74 Å². The Morgan fingerprint density at radius 3 is 2.41 bits per heavy atom. The first kappa shape index (κ1) is 21.4. The third-order valence-corrected chi connectivity index (χ3v) is 5.37. The first-order chi connectivity index (χ1) is 15.5. The maximum absolute atomic E-state index is 12.5. The summed E-state index contributed by atoms with van der Waals surface area (Å²) in [5, 5.41) is 8.01. The Balaban J connectivity index is 1.45. The highest BCUT2D eigenvalue weighted by Crippen LogP contribution is 2.31. The highest BCUT2D eigenvalue weighted by Gasteiger charge is 2.12. The largest absolute Gasteiger partial charge is 0.484 e. The van der Waals surface area contributed by atoms with Gasteiger partial charge in [0.15, 0.2) is 6.61 Å². The Hall–Kier alpha value is -3.80. The van der Waals surface area contributed by atoms with Crippen molar-refractivity contribution in [2.24, 2.45) is 5.92 Å². The zero-order valence-corrected chi connectivity index (χ0v) is 18.5. The van der Waals surface area contributed by atoms with E-state index >= 15 is 0 Å². The van der Waals surface area contributed by atoms with Gasteiger partial charge in [-0.1, -0.05) is 38.1 Å². The van der Waals surface area contributed by atoms with E-state index in [2.05, 4.69) is 34.3 Å². The molecule has 2 N–H and O–H groups in total. The molecular formula is C26H27N3O3. The lowest BCUT2D eigenvalue weighted by atomic mass is 10.1. The normalized spacial score (nSPS) is 11.1. The van der Waals surface area contributed by atoms with Crippen LogP contribution >= 0.6 is 0 Å². The van der Waals surface area contributed by atoms with Crippen LogP contribution in [-0.2, 0) is 16.1 Å². The van der Waals surface area contributed by atoms with Crippen LogP contribution in [-0.4, -0.2) is 23.0 Å². The zero-order chi connectivity index (χ0) is 22.7. The zero-order valence-electron chi connectivity index (χ0n) is 18.5. The predicted octanol–water partition coefficient (Wildman–Crippen LogP) is 5.43. The molecule has 32 heavy (non-hydrogen) atoms. The number of rotatable bonds is 7. The van der Waals surface area contributed by atoms with Gasteiger partial charge in [-0.15, -0.1) is 0 Å². The van der Waals surface area contributed by atoms with Crippen molar-refractivity contribution in [3.63, 3.8) is 0 Å². The number of ether oxygens (including phenoxy) is 1. The molecule has 0 spiro atoms. The van der Waals surface area contributed by atoms with Gasteiger partial charge in [0, 0.05) is 51.7 Å². The van der Waals surface area contributed by atoms with Crippen LogP contribution in [0.4, 0.5) is 11.4 Å². The molecule has 0 aliphatic carbocycles. The van der Waals surface area contributed by atoms with Gasteiger partial charge in [0.25, 0.3) is 5.91 Å². The van der Waals surface area contributed by atoms with Crippen LogP contribution < -0.4 is 15.4 Å². The van der Waals surface area contributed by atoms with Gasteiger partial charge in [-0.3, -0.25) is 9.59 Å². The first-order valence-corrected chi connectivity index (χ1v) is 10.8. The van der Waals surface area contributed by atoms with Crippen molar-refractivity contribution >= 4 is 45.0 Å². The van der Waals surface area contributed by atoms with Gasteiger partial charge < -0.3 is 19.9 Å². The fourth-order valence-electron chi connectivity index (χ4n) is 3.77. The summed E-state index contributed by atoms with van der Waals surface area (Å²) in [6.07, 6.45) is 0. The summed E-state index contributed by atoms with van der Waals surface area (Å²) >= 11 is 0. The van der Waals surface area contributed by atoms with E-state index < -0.39 is 0 Å². The summed E-state index contributed by atoms with van der Waals surface area (Å²) < 4.78 is 7.90. The number of anilines is 2. The second kappa shape index (κ2) is 9.14. The molecule has 164 valence electrons. The molecule has 6 nitrogen and oxygen atoms in total. The molecule has 3 aromatic carbocycles. The fraction of sp³-hybridized carbons (Fsp3) is 0.231. The van der Waals surface area contributed by atoms with E-state index in [9.17, 15) is 9.59 Å². The van der Waals surface area contributed by atoms with Gasteiger partial charge in [0.2, 0.25) is 5.91 Å². The smallest absolute Gasteiger partial charge is 0.262 e. The van der Waals surface area contributed by atoms with Crippen molar-refractivity contribution < 1.29 is 14.3 Å². The lowest BCUT2D eigenvalue weighted by Gasteiger charge is -2.11. The minimum atomic E-state index is -0.250. The topological polar surface area (TPSA) is 72.4 Å². The Labute approximate surface area is 187 Å². The first-order valence-electron chi connectivity index (χ1n) is 10.8. The van der Waals surface area contributed by atoms with E-state index in [0.717, 1.165) is 28.5 Å². The molecule has 2 amide bonds. The Bertz CT molecular complexity index is 1290. The van der Waals surface area contributed by atoms with Gasteiger partial charge in [0.1, 0.15) is 5.75 Å². The van der Waals surface area contributed by atoms with Gasteiger partial charge >= 0.3 is 0 Å². The lowest BCUT2D eigenvalue weighted by molar-refractivity contribution is -0.119. The highest BCUT2D eigenvalue weighted by molar-refractivity contribution is 6.09. The summed E-state index contributed by atoms with van der Waals surface area (Å²) in [4.78, 5) is 24.4. The number of nitrogens with zero attached hydrogens (tertiary/aromatic N) is 1. The van der Waals surface area contributed by atoms with E-state index in [1.807, 2.05) is 44.2 Å². The number of nitrogens with one attached hydrogen (secondary N) is 2. The van der Waals surface area contributed by atoms with Crippen molar-refractivity contribution in [1.82, 2.24) is 4.57 Å². The third-order valence-electron chi connectivity index (χ3n) is 5.37. The van der Waals surface area contributed by atoms with E-state index in [1.165, 1.54) is 5.52 Å². The Morgan fingerprint density at radius 2 is 1.62 bits per heavy atom. The van der Waals surface area contributed by atoms with Gasteiger partial charge in [-0.2, -0.15) is 0 Å². The predicted molar refractivity (Wildman–Crippen MR) is 129 cm³/mol. The molecule has 1 aromatic heterocycles. The summed E-state index contributed by atoms with van der Waals surface area (Å²) in [7, 11) is 0. The molecule has 0 atom stereocenters. The molecule has 6 heteroatoms. The average molecular weight is 430 g/mol. The van der Waals surface area contributed by atoms with Crippen molar-refractivity contribution in [2.45, 2.75) is 27.3 Å². The summed E-state index contributed by atoms with van der Waals surface area (Å²) in [6, 6.07) is 21.3. The lowest BCUT2D eigenvalue weighted by Crippen LogP contribution is -2.20. The number of aromatic nitrogens is 1. The molecule has 0 bridgehead atoms. The summed E-state index contributed by atoms with van der Waals surface area (Å²) in [6.45, 7) is 6.54. The Morgan fingerprint density at radius 1 is 0.875 bits per heavy atom. The van der Waals surface area contributed by atoms with Crippen LogP contribution in [0, 0.1) is 5.92 Å². The molecule has 0 radical (unpaired) electrons. The highest BCUT2D eigenvalue weighted by atomic mass is 16.5. The summed E-state index contributed by atoms with van der Waals surface area (Å²) in [5.41, 5.74) is 3.69. The van der Waals surface area contributed by atoms with Crippen molar-refractivity contribution in [1.29, 1.82) is 0 Å². The van der Waals surface area contributed by atoms with Crippen LogP contribution in [0.3, 0.4) is 0 Å². The number of para-hydroxylation sites is 1. The molecule has 0 saturated heterocycles. The summed E-state index contributed by atoms with van der Waals surface area (Å²) in [5.74, 6) is 0.0807. The quantitative estimate of drug-likeness (QED) is 0.412. The minimum absolute atomic E-state index is 0.0697. The van der Waals surface area contributed by atoms with Gasteiger partial charge in [-0.25, -0.2) is 0 Å². The van der Waals surface area contributed by atoms with E-state index in [0.29, 0.717) is 11.4 Å². The molecule has 0 aliphatic heterocycles. The monoisotopic (exact) mass is 429 g/mol. The van der Waals surface area contributed by atoms with Crippen LogP contribution in [0.15, 0.2) is 66.7 Å². The standard InChI is InChI=1S/C26H27N3O3/c1-4-29-23-11-6-5-10-21(23)22-15-19(12-13-24(22)29)27-25(30)16-32-20-9-7-8-18(14-20)28-26(31)17(2)3/h5-15,17H,4,16H2,1-3H3,(H,27,30)(H,28,31). The van der Waals surface area contributed by atoms with E-state index in [1.54, 1.807) is 24.3 Å².